The molecule has 4 heteroatoms. The van der Waals surface area contributed by atoms with Crippen LogP contribution in [0.25, 0.3) is 10.9 Å². The van der Waals surface area contributed by atoms with Crippen molar-refractivity contribution >= 4 is 34.3 Å². The third kappa shape index (κ3) is 3.49. The number of H-pyrrole nitrogens is 1. The number of anilines is 1. The predicted molar refractivity (Wildman–Crippen MR) is 104 cm³/mol. The fraction of sp³-hybridized carbons (Fsp3) is 0.250. The Kier molecular flexibility index (Phi) is 4.95. The van der Waals surface area contributed by atoms with Crippen LogP contribution in [0.4, 0.5) is 5.69 Å². The molecule has 0 aliphatic rings. The van der Waals surface area contributed by atoms with Crippen molar-refractivity contribution in [2.75, 3.05) is 11.1 Å². The molecule has 0 spiro atoms. The van der Waals surface area contributed by atoms with Crippen LogP contribution in [0.15, 0.2) is 42.5 Å². The molecule has 0 saturated carbocycles. The molecule has 0 aliphatic carbocycles. The fourth-order valence-corrected chi connectivity index (χ4v) is 3.89. The van der Waals surface area contributed by atoms with Crippen LogP contribution in [0.5, 0.6) is 0 Å². The molecule has 124 valence electrons. The van der Waals surface area contributed by atoms with Gasteiger partial charge in [0.1, 0.15) is 0 Å². The molecular formula is C20H22N2OS. The number of aromatic nitrogens is 1. The third-order valence-electron chi connectivity index (χ3n) is 4.25. The zero-order chi connectivity index (χ0) is 17.1. The molecule has 0 aliphatic heterocycles. The highest BCUT2D eigenvalue weighted by Gasteiger charge is 2.10. The average molecular weight is 338 g/mol. The van der Waals surface area contributed by atoms with Crippen LogP contribution in [0.3, 0.4) is 0 Å². The van der Waals surface area contributed by atoms with Crippen molar-refractivity contribution in [1.29, 1.82) is 0 Å². The van der Waals surface area contributed by atoms with Crippen LogP contribution in [0.2, 0.25) is 0 Å². The Balaban J connectivity index is 1.62. The van der Waals surface area contributed by atoms with Gasteiger partial charge in [0.25, 0.3) is 0 Å². The van der Waals surface area contributed by atoms with E-state index in [1.165, 1.54) is 16.6 Å². The lowest BCUT2D eigenvalue weighted by molar-refractivity contribution is -0.113. The molecule has 0 unspecified atom stereocenters. The van der Waals surface area contributed by atoms with Gasteiger partial charge in [-0.3, -0.25) is 4.79 Å². The average Bonchev–Trinajstić information content (AvgIpc) is 2.87. The Morgan fingerprint density at radius 3 is 2.50 bits per heavy atom. The van der Waals surface area contributed by atoms with Crippen molar-refractivity contribution in [3.05, 3.63) is 64.8 Å². The van der Waals surface area contributed by atoms with Crippen LogP contribution < -0.4 is 5.32 Å². The standard InChI is InChI=1S/C20H22N2OS/c1-13-7-6-8-14(2)20(13)22-19(23)12-24-11-17-15(3)21-18-10-5-4-9-16(17)18/h4-10,21H,11-12H2,1-3H3,(H,22,23). The molecule has 3 rings (SSSR count). The maximum absolute atomic E-state index is 12.3. The number of para-hydroxylation sites is 2. The van der Waals surface area contributed by atoms with Crippen LogP contribution in [0.1, 0.15) is 22.4 Å². The number of benzene rings is 2. The molecule has 1 amide bonds. The second kappa shape index (κ2) is 7.14. The van der Waals surface area contributed by atoms with E-state index < -0.39 is 0 Å². The van der Waals surface area contributed by atoms with Gasteiger partial charge in [0.05, 0.1) is 5.75 Å². The minimum absolute atomic E-state index is 0.0508. The summed E-state index contributed by atoms with van der Waals surface area (Å²) < 4.78 is 0. The Labute approximate surface area is 146 Å². The van der Waals surface area contributed by atoms with Gasteiger partial charge >= 0.3 is 0 Å². The number of fused-ring (bicyclic) bond motifs is 1. The summed E-state index contributed by atoms with van der Waals surface area (Å²) in [4.78, 5) is 15.7. The summed E-state index contributed by atoms with van der Waals surface area (Å²) in [6, 6.07) is 14.4. The van der Waals surface area contributed by atoms with Gasteiger partial charge in [-0.2, -0.15) is 0 Å². The molecule has 1 aromatic heterocycles. The number of amides is 1. The van der Waals surface area contributed by atoms with Crippen molar-refractivity contribution in [2.45, 2.75) is 26.5 Å². The number of aromatic amines is 1. The maximum atomic E-state index is 12.3. The molecule has 0 fully saturated rings. The lowest BCUT2D eigenvalue weighted by atomic mass is 10.1. The Bertz CT molecular complexity index is 862. The second-order valence-electron chi connectivity index (χ2n) is 6.08. The Morgan fingerprint density at radius 2 is 1.75 bits per heavy atom. The number of thioether (sulfide) groups is 1. The molecule has 3 aromatic rings. The molecule has 3 nitrogen and oxygen atoms in total. The topological polar surface area (TPSA) is 44.9 Å². The zero-order valence-electron chi connectivity index (χ0n) is 14.3. The quantitative estimate of drug-likeness (QED) is 0.690. The highest BCUT2D eigenvalue weighted by Crippen LogP contribution is 2.26. The van der Waals surface area contributed by atoms with Crippen LogP contribution in [0, 0.1) is 20.8 Å². The molecule has 0 saturated heterocycles. The van der Waals surface area contributed by atoms with Gasteiger partial charge < -0.3 is 10.3 Å². The number of hydrogen-bond acceptors (Lipinski definition) is 2. The molecule has 1 heterocycles. The smallest absolute Gasteiger partial charge is 0.234 e. The first-order chi connectivity index (χ1) is 11.6. The molecule has 2 N–H and O–H groups in total. The highest BCUT2D eigenvalue weighted by atomic mass is 32.2. The van der Waals surface area contributed by atoms with Gasteiger partial charge in [-0.15, -0.1) is 11.8 Å². The van der Waals surface area contributed by atoms with Crippen molar-refractivity contribution in [3.8, 4) is 0 Å². The number of hydrogen-bond donors (Lipinski definition) is 2. The minimum atomic E-state index is 0.0508. The Morgan fingerprint density at radius 1 is 1.04 bits per heavy atom. The SMILES string of the molecule is Cc1cccc(C)c1NC(=O)CSCc1c(C)[nH]c2ccccc12. The maximum Gasteiger partial charge on any atom is 0.234 e. The summed E-state index contributed by atoms with van der Waals surface area (Å²) in [7, 11) is 0. The number of aryl methyl sites for hydroxylation is 3. The molecular weight excluding hydrogens is 316 g/mol. The zero-order valence-corrected chi connectivity index (χ0v) is 15.1. The van der Waals surface area contributed by atoms with Crippen molar-refractivity contribution in [3.63, 3.8) is 0 Å². The summed E-state index contributed by atoms with van der Waals surface area (Å²) in [6.45, 7) is 6.13. The van der Waals surface area contributed by atoms with E-state index in [1.54, 1.807) is 11.8 Å². The Hall–Kier alpha value is -2.20. The number of carbonyl (C=O) groups is 1. The van der Waals surface area contributed by atoms with E-state index >= 15 is 0 Å². The van der Waals surface area contributed by atoms with Gasteiger partial charge in [0, 0.05) is 28.0 Å². The van der Waals surface area contributed by atoms with E-state index in [0.717, 1.165) is 28.1 Å². The first-order valence-corrected chi connectivity index (χ1v) is 9.21. The van der Waals surface area contributed by atoms with E-state index in [2.05, 4.69) is 35.4 Å². The van der Waals surface area contributed by atoms with Crippen LogP contribution in [-0.2, 0) is 10.5 Å². The molecule has 0 bridgehead atoms. The lowest BCUT2D eigenvalue weighted by Crippen LogP contribution is -2.15. The van der Waals surface area contributed by atoms with E-state index in [1.807, 2.05) is 38.1 Å². The first-order valence-electron chi connectivity index (χ1n) is 8.06. The van der Waals surface area contributed by atoms with Gasteiger partial charge in [-0.1, -0.05) is 36.4 Å². The van der Waals surface area contributed by atoms with Gasteiger partial charge in [0.15, 0.2) is 0 Å². The second-order valence-corrected chi connectivity index (χ2v) is 7.07. The lowest BCUT2D eigenvalue weighted by Gasteiger charge is -2.11. The molecule has 24 heavy (non-hydrogen) atoms. The van der Waals surface area contributed by atoms with E-state index in [0.29, 0.717) is 5.75 Å². The summed E-state index contributed by atoms with van der Waals surface area (Å²) in [5, 5.41) is 4.29. The summed E-state index contributed by atoms with van der Waals surface area (Å²) in [5.74, 6) is 1.33. The summed E-state index contributed by atoms with van der Waals surface area (Å²) >= 11 is 1.65. The fourth-order valence-electron chi connectivity index (χ4n) is 2.95. The minimum Gasteiger partial charge on any atom is -0.358 e. The van der Waals surface area contributed by atoms with Gasteiger partial charge in [0.2, 0.25) is 5.91 Å². The summed E-state index contributed by atoms with van der Waals surface area (Å²) in [6.07, 6.45) is 0. The van der Waals surface area contributed by atoms with Crippen molar-refractivity contribution in [2.24, 2.45) is 0 Å². The van der Waals surface area contributed by atoms with Crippen molar-refractivity contribution in [1.82, 2.24) is 4.98 Å². The van der Waals surface area contributed by atoms with Gasteiger partial charge in [-0.05, 0) is 43.5 Å². The number of carbonyl (C=O) groups excluding carboxylic acids is 1. The molecule has 2 aromatic carbocycles. The normalized spacial score (nSPS) is 11.0. The largest absolute Gasteiger partial charge is 0.358 e. The molecule has 0 radical (unpaired) electrons. The number of nitrogens with one attached hydrogen (secondary N) is 2. The third-order valence-corrected chi connectivity index (χ3v) is 5.21. The van der Waals surface area contributed by atoms with Crippen LogP contribution in [-0.4, -0.2) is 16.6 Å². The highest BCUT2D eigenvalue weighted by molar-refractivity contribution is 7.99. The number of rotatable bonds is 5. The van der Waals surface area contributed by atoms with Crippen LogP contribution >= 0.6 is 11.8 Å². The predicted octanol–water partition coefficient (Wildman–Crippen LogP) is 4.97. The van der Waals surface area contributed by atoms with Gasteiger partial charge in [-0.25, -0.2) is 0 Å². The van der Waals surface area contributed by atoms with E-state index in [-0.39, 0.29) is 5.91 Å². The summed E-state index contributed by atoms with van der Waals surface area (Å²) in [5.41, 5.74) is 6.76. The first kappa shape index (κ1) is 16.7. The van der Waals surface area contributed by atoms with Crippen molar-refractivity contribution < 1.29 is 4.79 Å². The van der Waals surface area contributed by atoms with E-state index in [4.69, 9.17) is 0 Å². The molecule has 0 atom stereocenters. The monoisotopic (exact) mass is 338 g/mol. The van der Waals surface area contributed by atoms with E-state index in [9.17, 15) is 4.79 Å².